The fraction of sp³-hybridized carbons (Fsp3) is 0.294. The van der Waals surface area contributed by atoms with Crippen LogP contribution in [0.5, 0.6) is 17.2 Å². The van der Waals surface area contributed by atoms with Crippen LogP contribution in [0.4, 0.5) is 5.69 Å². The van der Waals surface area contributed by atoms with Crippen molar-refractivity contribution in [1.29, 1.82) is 0 Å². The molecule has 0 aromatic heterocycles. The van der Waals surface area contributed by atoms with Crippen LogP contribution in [-0.2, 0) is 12.8 Å². The molecule has 3 rings (SSSR count). The Morgan fingerprint density at radius 1 is 0.900 bits per heavy atom. The van der Waals surface area contributed by atoms with Gasteiger partial charge in [-0.1, -0.05) is 6.07 Å². The van der Waals surface area contributed by atoms with Gasteiger partial charge in [0.2, 0.25) is 0 Å². The molecule has 2 aromatic rings. The first-order valence-electron chi connectivity index (χ1n) is 6.99. The Kier molecular flexibility index (Phi) is 3.50. The zero-order valence-corrected chi connectivity index (χ0v) is 11.7. The molecule has 0 unspecified atom stereocenters. The number of methoxy groups -OCH3 is 1. The molecule has 0 radical (unpaired) electrons. The SMILES string of the molecule is COc1ccc(N)c(Oc2ccc3c(c2)CCCC3)c1. The van der Waals surface area contributed by atoms with E-state index >= 15 is 0 Å². The highest BCUT2D eigenvalue weighted by Crippen LogP contribution is 2.33. The quantitative estimate of drug-likeness (QED) is 0.858. The number of nitrogens with two attached hydrogens (primary N) is 1. The van der Waals surface area contributed by atoms with Gasteiger partial charge in [0.05, 0.1) is 12.8 Å². The number of fused-ring (bicyclic) bond motifs is 1. The van der Waals surface area contributed by atoms with Crippen LogP contribution in [0.15, 0.2) is 36.4 Å². The Hall–Kier alpha value is -2.16. The molecule has 1 aliphatic carbocycles. The van der Waals surface area contributed by atoms with Gasteiger partial charge in [-0.2, -0.15) is 0 Å². The fourth-order valence-electron chi connectivity index (χ4n) is 2.63. The Balaban J connectivity index is 1.87. The summed E-state index contributed by atoms with van der Waals surface area (Å²) in [6.07, 6.45) is 4.87. The molecule has 0 atom stereocenters. The summed E-state index contributed by atoms with van der Waals surface area (Å²) < 4.78 is 11.1. The normalized spacial score (nSPS) is 13.7. The van der Waals surface area contributed by atoms with Crippen molar-refractivity contribution >= 4 is 5.69 Å². The number of hydrogen-bond donors (Lipinski definition) is 1. The molecular weight excluding hydrogens is 250 g/mol. The van der Waals surface area contributed by atoms with Crippen LogP contribution in [-0.4, -0.2) is 7.11 Å². The second kappa shape index (κ2) is 5.45. The summed E-state index contributed by atoms with van der Waals surface area (Å²) in [4.78, 5) is 0. The van der Waals surface area contributed by atoms with E-state index in [0.29, 0.717) is 11.4 Å². The van der Waals surface area contributed by atoms with Crippen LogP contribution in [0, 0.1) is 0 Å². The van der Waals surface area contributed by atoms with Crippen molar-refractivity contribution in [2.24, 2.45) is 0 Å². The highest BCUT2D eigenvalue weighted by molar-refractivity contribution is 5.57. The van der Waals surface area contributed by atoms with Crippen molar-refractivity contribution in [3.8, 4) is 17.2 Å². The smallest absolute Gasteiger partial charge is 0.153 e. The zero-order chi connectivity index (χ0) is 13.9. The van der Waals surface area contributed by atoms with Gasteiger partial charge in [0.25, 0.3) is 0 Å². The molecule has 104 valence electrons. The van der Waals surface area contributed by atoms with E-state index in [1.54, 1.807) is 13.2 Å². The van der Waals surface area contributed by atoms with Crippen LogP contribution in [0.25, 0.3) is 0 Å². The number of anilines is 1. The third-order valence-corrected chi connectivity index (χ3v) is 3.77. The Labute approximate surface area is 119 Å². The highest BCUT2D eigenvalue weighted by Gasteiger charge is 2.11. The molecule has 0 amide bonds. The van der Waals surface area contributed by atoms with Gasteiger partial charge in [-0.3, -0.25) is 0 Å². The molecule has 0 fully saturated rings. The lowest BCUT2D eigenvalue weighted by molar-refractivity contribution is 0.409. The summed E-state index contributed by atoms with van der Waals surface area (Å²) in [7, 11) is 1.63. The summed E-state index contributed by atoms with van der Waals surface area (Å²) in [6.45, 7) is 0. The Bertz CT molecular complexity index is 622. The molecule has 0 heterocycles. The first-order chi connectivity index (χ1) is 9.76. The second-order valence-electron chi connectivity index (χ2n) is 5.14. The van der Waals surface area contributed by atoms with Crippen molar-refractivity contribution in [3.05, 3.63) is 47.5 Å². The van der Waals surface area contributed by atoms with Gasteiger partial charge >= 0.3 is 0 Å². The Morgan fingerprint density at radius 2 is 1.65 bits per heavy atom. The van der Waals surface area contributed by atoms with Gasteiger partial charge in [-0.15, -0.1) is 0 Å². The summed E-state index contributed by atoms with van der Waals surface area (Å²) >= 11 is 0. The minimum Gasteiger partial charge on any atom is -0.497 e. The van der Waals surface area contributed by atoms with Crippen LogP contribution in [0.2, 0.25) is 0 Å². The third kappa shape index (κ3) is 2.57. The molecule has 0 saturated heterocycles. The number of nitrogen functional groups attached to an aromatic ring is 1. The number of rotatable bonds is 3. The van der Waals surface area contributed by atoms with Crippen LogP contribution < -0.4 is 15.2 Å². The topological polar surface area (TPSA) is 44.5 Å². The van der Waals surface area contributed by atoms with E-state index in [4.69, 9.17) is 15.2 Å². The van der Waals surface area contributed by atoms with E-state index in [1.807, 2.05) is 18.2 Å². The molecule has 0 saturated carbocycles. The van der Waals surface area contributed by atoms with Crippen molar-refractivity contribution < 1.29 is 9.47 Å². The van der Waals surface area contributed by atoms with E-state index in [0.717, 1.165) is 17.9 Å². The molecule has 2 aromatic carbocycles. The maximum atomic E-state index is 5.95. The molecule has 20 heavy (non-hydrogen) atoms. The van der Waals surface area contributed by atoms with Crippen LogP contribution in [0.1, 0.15) is 24.0 Å². The lowest BCUT2D eigenvalue weighted by Crippen LogP contribution is -2.02. The predicted octanol–water partition coefficient (Wildman–Crippen LogP) is 3.95. The number of benzene rings is 2. The lowest BCUT2D eigenvalue weighted by Gasteiger charge is -2.17. The van der Waals surface area contributed by atoms with Gasteiger partial charge in [0, 0.05) is 6.07 Å². The largest absolute Gasteiger partial charge is 0.497 e. The second-order valence-corrected chi connectivity index (χ2v) is 5.14. The monoisotopic (exact) mass is 269 g/mol. The minimum atomic E-state index is 0.614. The van der Waals surface area contributed by atoms with Crippen molar-refractivity contribution in [3.63, 3.8) is 0 Å². The molecular formula is C17H19NO2. The summed E-state index contributed by atoms with van der Waals surface area (Å²) in [5.74, 6) is 2.22. The van der Waals surface area contributed by atoms with Crippen LogP contribution >= 0.6 is 0 Å². The first-order valence-corrected chi connectivity index (χ1v) is 6.99. The average Bonchev–Trinajstić information content (AvgIpc) is 2.49. The highest BCUT2D eigenvalue weighted by atomic mass is 16.5. The number of hydrogen-bond acceptors (Lipinski definition) is 3. The van der Waals surface area contributed by atoms with E-state index in [2.05, 4.69) is 12.1 Å². The molecule has 3 nitrogen and oxygen atoms in total. The van der Waals surface area contributed by atoms with Gasteiger partial charge in [-0.05, 0) is 61.1 Å². The molecule has 0 aliphatic heterocycles. The summed E-state index contributed by atoms with van der Waals surface area (Å²) in [5.41, 5.74) is 9.41. The van der Waals surface area contributed by atoms with Gasteiger partial charge in [-0.25, -0.2) is 0 Å². The van der Waals surface area contributed by atoms with E-state index in [1.165, 1.54) is 30.4 Å². The predicted molar refractivity (Wildman–Crippen MR) is 80.6 cm³/mol. The third-order valence-electron chi connectivity index (χ3n) is 3.77. The van der Waals surface area contributed by atoms with Gasteiger partial charge in [0.15, 0.2) is 5.75 Å². The van der Waals surface area contributed by atoms with Crippen LogP contribution in [0.3, 0.4) is 0 Å². The average molecular weight is 269 g/mol. The summed E-state index contributed by atoms with van der Waals surface area (Å²) in [5, 5.41) is 0. The Morgan fingerprint density at radius 3 is 2.45 bits per heavy atom. The molecule has 1 aliphatic rings. The van der Waals surface area contributed by atoms with Gasteiger partial charge in [0.1, 0.15) is 11.5 Å². The molecule has 0 bridgehead atoms. The van der Waals surface area contributed by atoms with Gasteiger partial charge < -0.3 is 15.2 Å². The molecule has 0 spiro atoms. The maximum absolute atomic E-state index is 5.95. The first kappa shape index (κ1) is 12.9. The van der Waals surface area contributed by atoms with Crippen molar-refractivity contribution in [2.45, 2.75) is 25.7 Å². The standard InChI is InChI=1S/C17H19NO2/c1-19-14-8-9-16(18)17(11-14)20-15-7-6-12-4-2-3-5-13(12)10-15/h6-11H,2-5,18H2,1H3. The molecule has 3 heteroatoms. The van der Waals surface area contributed by atoms with E-state index in [-0.39, 0.29) is 0 Å². The van der Waals surface area contributed by atoms with Crippen molar-refractivity contribution in [2.75, 3.05) is 12.8 Å². The zero-order valence-electron chi connectivity index (χ0n) is 11.7. The van der Waals surface area contributed by atoms with Crippen molar-refractivity contribution in [1.82, 2.24) is 0 Å². The number of aryl methyl sites for hydroxylation is 2. The lowest BCUT2D eigenvalue weighted by atomic mass is 9.92. The van der Waals surface area contributed by atoms with E-state index in [9.17, 15) is 0 Å². The number of ether oxygens (including phenoxy) is 2. The fourth-order valence-corrected chi connectivity index (χ4v) is 2.63. The van der Waals surface area contributed by atoms with E-state index < -0.39 is 0 Å². The summed E-state index contributed by atoms with van der Waals surface area (Å²) in [6, 6.07) is 11.8. The maximum Gasteiger partial charge on any atom is 0.153 e. The molecule has 2 N–H and O–H groups in total. The minimum absolute atomic E-state index is 0.614.